The summed E-state index contributed by atoms with van der Waals surface area (Å²) in [5.41, 5.74) is 1.71. The van der Waals surface area contributed by atoms with Crippen LogP contribution in [0.4, 0.5) is 26.2 Å². The van der Waals surface area contributed by atoms with Gasteiger partial charge in [0.25, 0.3) is 0 Å². The molecule has 0 saturated heterocycles. The Hall–Kier alpha value is -4.32. The minimum Gasteiger partial charge on any atom is -0.465 e. The minimum absolute atomic E-state index is 0.0231. The molecule has 0 spiro atoms. The topological polar surface area (TPSA) is 133 Å². The van der Waals surface area contributed by atoms with Gasteiger partial charge in [-0.05, 0) is 32.3 Å². The van der Waals surface area contributed by atoms with Crippen molar-refractivity contribution in [2.24, 2.45) is 0 Å². The van der Waals surface area contributed by atoms with Crippen molar-refractivity contribution in [3.8, 4) is 5.69 Å². The summed E-state index contributed by atoms with van der Waals surface area (Å²) < 4.78 is 16.0. The number of carboxylic acid groups (broad SMARTS) is 1. The lowest BCUT2D eigenvalue weighted by Crippen LogP contribution is -2.20. The average Bonchev–Trinajstić information content (AvgIpc) is 3.22. The van der Waals surface area contributed by atoms with Crippen LogP contribution in [0.2, 0.25) is 0 Å². The van der Waals surface area contributed by atoms with Crippen LogP contribution in [0.1, 0.15) is 22.5 Å². The van der Waals surface area contributed by atoms with Crippen LogP contribution in [0.15, 0.2) is 42.6 Å². The molecule has 2 amide bonds. The Balaban J connectivity index is 1.78. The second-order valence-electron chi connectivity index (χ2n) is 8.25. The number of rotatable bonds is 9. The zero-order valence-corrected chi connectivity index (χ0v) is 19.7. The van der Waals surface area contributed by atoms with Crippen LogP contribution < -0.4 is 15.5 Å². The monoisotopic (exact) mass is 483 g/mol. The lowest BCUT2D eigenvalue weighted by molar-refractivity contribution is -0.115. The van der Waals surface area contributed by atoms with Crippen molar-refractivity contribution in [3.63, 3.8) is 0 Å². The maximum absolute atomic E-state index is 14.4. The number of aromatic nitrogens is 3. The maximum atomic E-state index is 14.4. The molecule has 0 unspecified atom stereocenters. The number of hydrogen-bond donors (Lipinski definition) is 3. The van der Waals surface area contributed by atoms with Gasteiger partial charge in [-0.1, -0.05) is 17.3 Å². The van der Waals surface area contributed by atoms with Crippen molar-refractivity contribution >= 4 is 34.8 Å². The van der Waals surface area contributed by atoms with Crippen molar-refractivity contribution in [2.45, 2.75) is 13.0 Å². The lowest BCUT2D eigenvalue weighted by Gasteiger charge is -2.18. The smallest absolute Gasteiger partial charge is 0.409 e. The summed E-state index contributed by atoms with van der Waals surface area (Å²) in [7, 11) is 7.01. The largest absolute Gasteiger partial charge is 0.465 e. The highest BCUT2D eigenvalue weighted by Crippen LogP contribution is 2.30. The summed E-state index contributed by atoms with van der Waals surface area (Å²) in [5, 5.41) is 21.6. The van der Waals surface area contributed by atoms with Gasteiger partial charge in [-0.25, -0.2) is 13.9 Å². The van der Waals surface area contributed by atoms with Crippen molar-refractivity contribution in [2.75, 3.05) is 43.7 Å². The van der Waals surface area contributed by atoms with Gasteiger partial charge in [-0.2, -0.15) is 0 Å². The molecule has 0 aliphatic carbocycles. The van der Waals surface area contributed by atoms with Gasteiger partial charge in [0, 0.05) is 32.3 Å². The molecule has 0 aliphatic rings. The van der Waals surface area contributed by atoms with Gasteiger partial charge in [0.15, 0.2) is 5.78 Å². The highest BCUT2D eigenvalue weighted by atomic mass is 19.1. The quantitative estimate of drug-likeness (QED) is 0.313. The number of nitrogens with one attached hydrogen (secondary N) is 2. The fourth-order valence-electron chi connectivity index (χ4n) is 3.39. The van der Waals surface area contributed by atoms with Crippen LogP contribution in [-0.2, 0) is 11.3 Å². The first kappa shape index (κ1) is 25.3. The number of nitrogens with zero attached hydrogens (tertiary/aromatic N) is 5. The Morgan fingerprint density at radius 2 is 1.77 bits per heavy atom. The number of halogens is 1. The molecule has 0 atom stereocenters. The molecule has 3 aromatic rings. The summed E-state index contributed by atoms with van der Waals surface area (Å²) in [5.74, 6) is -1.86. The van der Waals surface area contributed by atoms with Crippen molar-refractivity contribution < 1.29 is 23.9 Å². The molecule has 1 aromatic heterocycles. The predicted molar refractivity (Wildman–Crippen MR) is 129 cm³/mol. The molecule has 0 radical (unpaired) electrons. The van der Waals surface area contributed by atoms with Crippen LogP contribution in [-0.4, -0.2) is 71.0 Å². The van der Waals surface area contributed by atoms with Crippen LogP contribution in [0, 0.1) is 5.82 Å². The van der Waals surface area contributed by atoms with Gasteiger partial charge < -0.3 is 20.2 Å². The maximum Gasteiger partial charge on any atom is 0.409 e. The number of benzene rings is 2. The molecular weight excluding hydrogens is 457 g/mol. The number of Topliss-reactive ketones (excluding diaryl/α,β-unsaturated/α-hetero) is 1. The molecule has 184 valence electrons. The van der Waals surface area contributed by atoms with Crippen LogP contribution in [0.5, 0.6) is 0 Å². The number of carbonyl (C=O) groups excluding carboxylic acids is 2. The number of anilines is 3. The standard InChI is InChI=1S/C23H26FN7O4/c1-29(2)13-16-12-25-28-31(16)15-7-5-6-14(8-15)21(32)11-22(33)26-18-9-17(24)20(30(3)4)10-19(18)27-23(34)35/h5-10,12,27H,11,13H2,1-4H3,(H,26,33)(H,34,35). The number of carbonyl (C=O) groups is 3. The highest BCUT2D eigenvalue weighted by molar-refractivity contribution is 6.12. The third-order valence-corrected chi connectivity index (χ3v) is 4.92. The summed E-state index contributed by atoms with van der Waals surface area (Å²) in [6, 6.07) is 8.88. The Bertz CT molecular complexity index is 1260. The Morgan fingerprint density at radius 3 is 2.43 bits per heavy atom. The highest BCUT2D eigenvalue weighted by Gasteiger charge is 2.18. The fraction of sp³-hybridized carbons (Fsp3) is 0.261. The summed E-state index contributed by atoms with van der Waals surface area (Å²) in [4.78, 5) is 39.9. The van der Waals surface area contributed by atoms with E-state index in [-0.39, 0.29) is 22.6 Å². The molecule has 0 aliphatic heterocycles. The first-order valence-corrected chi connectivity index (χ1v) is 10.5. The van der Waals surface area contributed by atoms with E-state index in [4.69, 9.17) is 5.11 Å². The second-order valence-corrected chi connectivity index (χ2v) is 8.25. The van der Waals surface area contributed by atoms with E-state index < -0.39 is 30.0 Å². The molecule has 2 aromatic carbocycles. The fourth-order valence-corrected chi connectivity index (χ4v) is 3.39. The molecule has 3 rings (SSSR count). The Morgan fingerprint density at radius 1 is 1.06 bits per heavy atom. The average molecular weight is 484 g/mol. The second kappa shape index (κ2) is 10.7. The Kier molecular flexibility index (Phi) is 7.76. The van der Waals surface area contributed by atoms with E-state index in [1.807, 2.05) is 19.0 Å². The van der Waals surface area contributed by atoms with E-state index in [1.54, 1.807) is 49.2 Å². The number of amides is 2. The molecule has 0 bridgehead atoms. The van der Waals surface area contributed by atoms with E-state index in [0.29, 0.717) is 12.2 Å². The molecule has 35 heavy (non-hydrogen) atoms. The molecule has 0 fully saturated rings. The zero-order chi connectivity index (χ0) is 25.7. The molecule has 0 saturated carbocycles. The van der Waals surface area contributed by atoms with Gasteiger partial charge >= 0.3 is 6.09 Å². The van der Waals surface area contributed by atoms with Crippen molar-refractivity contribution in [1.29, 1.82) is 0 Å². The molecular formula is C23H26FN7O4. The minimum atomic E-state index is -1.38. The number of ketones is 1. The number of hydrogen-bond acceptors (Lipinski definition) is 7. The van der Waals surface area contributed by atoms with Crippen LogP contribution >= 0.6 is 0 Å². The third kappa shape index (κ3) is 6.38. The van der Waals surface area contributed by atoms with E-state index in [2.05, 4.69) is 20.9 Å². The van der Waals surface area contributed by atoms with Crippen molar-refractivity contribution in [1.82, 2.24) is 19.9 Å². The first-order chi connectivity index (χ1) is 16.5. The van der Waals surface area contributed by atoms with Gasteiger partial charge in [-0.15, -0.1) is 5.10 Å². The Labute approximate surface area is 201 Å². The molecule has 12 heteroatoms. The van der Waals surface area contributed by atoms with E-state index >= 15 is 0 Å². The SMILES string of the molecule is CN(C)Cc1cnnn1-c1cccc(C(=O)CC(=O)Nc2cc(F)c(N(C)C)cc2NC(=O)O)c1. The summed E-state index contributed by atoms with van der Waals surface area (Å²) in [6.45, 7) is 0.587. The van der Waals surface area contributed by atoms with Crippen LogP contribution in [0.25, 0.3) is 5.69 Å². The molecule has 11 nitrogen and oxygen atoms in total. The van der Waals surface area contributed by atoms with E-state index in [0.717, 1.165) is 11.8 Å². The normalized spacial score (nSPS) is 10.8. The molecule has 3 N–H and O–H groups in total. The summed E-state index contributed by atoms with van der Waals surface area (Å²) >= 11 is 0. The molecule has 1 heterocycles. The van der Waals surface area contributed by atoms with E-state index in [9.17, 15) is 18.8 Å². The van der Waals surface area contributed by atoms with Gasteiger partial charge in [0.05, 0.1) is 41.1 Å². The van der Waals surface area contributed by atoms with E-state index in [1.165, 1.54) is 11.0 Å². The lowest BCUT2D eigenvalue weighted by atomic mass is 10.1. The van der Waals surface area contributed by atoms with Gasteiger partial charge in [-0.3, -0.25) is 14.9 Å². The van der Waals surface area contributed by atoms with Gasteiger partial charge in [0.1, 0.15) is 5.82 Å². The first-order valence-electron chi connectivity index (χ1n) is 10.5. The zero-order valence-electron chi connectivity index (χ0n) is 19.7. The van der Waals surface area contributed by atoms with Crippen LogP contribution in [0.3, 0.4) is 0 Å². The predicted octanol–water partition coefficient (Wildman–Crippen LogP) is 2.84. The van der Waals surface area contributed by atoms with Crippen molar-refractivity contribution in [3.05, 3.63) is 59.7 Å². The van der Waals surface area contributed by atoms with Gasteiger partial charge in [0.2, 0.25) is 5.91 Å². The third-order valence-electron chi connectivity index (χ3n) is 4.92. The summed E-state index contributed by atoms with van der Waals surface area (Å²) in [6.07, 6.45) is -0.285.